The van der Waals surface area contributed by atoms with E-state index >= 15 is 0 Å². The van der Waals surface area contributed by atoms with Gasteiger partial charge in [0.2, 0.25) is 0 Å². The normalized spacial score (nSPS) is 10.9. The first-order valence-electron chi connectivity index (χ1n) is 7.26. The molecule has 0 aliphatic carbocycles. The van der Waals surface area contributed by atoms with Gasteiger partial charge in [-0.25, -0.2) is 4.98 Å². The van der Waals surface area contributed by atoms with Gasteiger partial charge in [0, 0.05) is 17.5 Å². The minimum atomic E-state index is 0.588. The van der Waals surface area contributed by atoms with Gasteiger partial charge in [-0.2, -0.15) is 0 Å². The van der Waals surface area contributed by atoms with E-state index in [0.717, 1.165) is 39.6 Å². The van der Waals surface area contributed by atoms with E-state index in [1.54, 1.807) is 18.9 Å². The van der Waals surface area contributed by atoms with Gasteiger partial charge >= 0.3 is 0 Å². The highest BCUT2D eigenvalue weighted by Crippen LogP contribution is 2.20. The average molecular weight is 330 g/mol. The Morgan fingerprint density at radius 2 is 1.83 bits per heavy atom. The number of hydrogen-bond acceptors (Lipinski definition) is 6. The smallest absolute Gasteiger partial charge is 0.197 e. The van der Waals surface area contributed by atoms with E-state index in [1.807, 2.05) is 48.6 Å². The minimum absolute atomic E-state index is 0.588. The molecule has 2 heterocycles. The second-order valence-electron chi connectivity index (χ2n) is 4.99. The van der Waals surface area contributed by atoms with Crippen LogP contribution in [0.25, 0.3) is 5.65 Å². The van der Waals surface area contributed by atoms with Crippen LogP contribution in [0.5, 0.6) is 11.5 Å². The molecule has 120 valence electrons. The highest BCUT2D eigenvalue weighted by molar-refractivity contribution is 7.99. The molecule has 0 aliphatic heterocycles. The first kappa shape index (κ1) is 15.6. The van der Waals surface area contributed by atoms with Crippen molar-refractivity contribution in [2.75, 3.05) is 19.5 Å². The Morgan fingerprint density at radius 3 is 2.57 bits per heavy atom. The molecule has 0 saturated carbocycles. The van der Waals surface area contributed by atoms with Gasteiger partial charge in [-0.3, -0.25) is 4.40 Å². The summed E-state index contributed by atoms with van der Waals surface area (Å²) in [6.45, 7) is 4.50. The molecule has 0 spiro atoms. The zero-order valence-electron chi connectivity index (χ0n) is 13.3. The summed E-state index contributed by atoms with van der Waals surface area (Å²) in [6, 6.07) is 9.48. The fraction of sp³-hybridized carbons (Fsp3) is 0.312. The molecule has 0 radical (unpaired) electrons. The van der Waals surface area contributed by atoms with Crippen molar-refractivity contribution in [2.24, 2.45) is 0 Å². The number of aromatic nitrogens is 4. The maximum Gasteiger partial charge on any atom is 0.197 e. The van der Waals surface area contributed by atoms with Crippen molar-refractivity contribution >= 4 is 17.4 Å². The summed E-state index contributed by atoms with van der Waals surface area (Å²) in [6.07, 6.45) is 0. The molecule has 0 amide bonds. The summed E-state index contributed by atoms with van der Waals surface area (Å²) in [5.74, 6) is 3.31. The molecular formula is C16H18N4O2S. The number of hydrogen-bond donors (Lipinski definition) is 0. The molecule has 0 saturated heterocycles. The lowest BCUT2D eigenvalue weighted by molar-refractivity contribution is 0.342. The quantitative estimate of drug-likeness (QED) is 0.511. The summed E-state index contributed by atoms with van der Waals surface area (Å²) in [4.78, 5) is 4.45. The third kappa shape index (κ3) is 3.56. The van der Waals surface area contributed by atoms with Crippen molar-refractivity contribution in [2.45, 2.75) is 19.0 Å². The first-order chi connectivity index (χ1) is 11.2. The van der Waals surface area contributed by atoms with Crippen LogP contribution in [0.3, 0.4) is 0 Å². The Bertz CT molecular complexity index is 802. The van der Waals surface area contributed by atoms with Crippen LogP contribution in [0.2, 0.25) is 0 Å². The predicted octanol–water partition coefficient (Wildman–Crippen LogP) is 2.92. The molecular weight excluding hydrogens is 312 g/mol. The Kier molecular flexibility index (Phi) is 4.66. The lowest BCUT2D eigenvalue weighted by atomic mass is 10.3. The molecule has 3 aromatic rings. The highest BCUT2D eigenvalue weighted by Gasteiger charge is 2.09. The fourth-order valence-corrected chi connectivity index (χ4v) is 3.06. The predicted molar refractivity (Wildman–Crippen MR) is 89.5 cm³/mol. The zero-order chi connectivity index (χ0) is 16.2. The second kappa shape index (κ2) is 6.87. The number of rotatable bonds is 6. The van der Waals surface area contributed by atoms with Gasteiger partial charge in [0.25, 0.3) is 0 Å². The summed E-state index contributed by atoms with van der Waals surface area (Å²) >= 11 is 1.60. The molecule has 1 aromatic carbocycles. The zero-order valence-corrected chi connectivity index (χ0v) is 14.1. The van der Waals surface area contributed by atoms with E-state index in [4.69, 9.17) is 9.47 Å². The van der Waals surface area contributed by atoms with Gasteiger partial charge < -0.3 is 9.47 Å². The number of aryl methyl sites for hydroxylation is 2. The van der Waals surface area contributed by atoms with E-state index in [1.165, 1.54) is 0 Å². The van der Waals surface area contributed by atoms with E-state index in [0.29, 0.717) is 6.61 Å². The van der Waals surface area contributed by atoms with Crippen LogP contribution in [0.15, 0.2) is 35.5 Å². The number of thioether (sulfide) groups is 1. The van der Waals surface area contributed by atoms with Gasteiger partial charge in [-0.1, -0.05) is 11.8 Å². The van der Waals surface area contributed by atoms with Crippen molar-refractivity contribution < 1.29 is 9.47 Å². The SMILES string of the molecule is COc1ccc(OCCSc2nnc3cc(C)nc(C)n23)cc1. The molecule has 3 rings (SSSR count). The Morgan fingerprint density at radius 1 is 1.09 bits per heavy atom. The van der Waals surface area contributed by atoms with E-state index in [2.05, 4.69) is 15.2 Å². The number of methoxy groups -OCH3 is 1. The highest BCUT2D eigenvalue weighted by atomic mass is 32.2. The van der Waals surface area contributed by atoms with E-state index in [9.17, 15) is 0 Å². The van der Waals surface area contributed by atoms with Crippen LogP contribution in [-0.2, 0) is 0 Å². The van der Waals surface area contributed by atoms with Crippen molar-refractivity contribution in [1.29, 1.82) is 0 Å². The maximum absolute atomic E-state index is 5.72. The summed E-state index contributed by atoms with van der Waals surface area (Å²) < 4.78 is 12.8. The molecule has 0 aliphatic rings. The van der Waals surface area contributed by atoms with Crippen LogP contribution in [0, 0.1) is 13.8 Å². The first-order valence-corrected chi connectivity index (χ1v) is 8.25. The monoisotopic (exact) mass is 330 g/mol. The van der Waals surface area contributed by atoms with Crippen molar-refractivity contribution in [1.82, 2.24) is 19.6 Å². The summed E-state index contributed by atoms with van der Waals surface area (Å²) in [5, 5.41) is 9.26. The van der Waals surface area contributed by atoms with Crippen molar-refractivity contribution in [3.63, 3.8) is 0 Å². The van der Waals surface area contributed by atoms with Crippen molar-refractivity contribution in [3.8, 4) is 11.5 Å². The third-order valence-electron chi connectivity index (χ3n) is 3.30. The standard InChI is InChI=1S/C16H18N4O2S/c1-11-10-15-18-19-16(20(15)12(2)17-11)23-9-8-22-14-6-4-13(21-3)5-7-14/h4-7,10H,8-9H2,1-3H3. The van der Waals surface area contributed by atoms with Crippen LogP contribution < -0.4 is 9.47 Å². The van der Waals surface area contributed by atoms with Gasteiger partial charge in [0.1, 0.15) is 17.3 Å². The largest absolute Gasteiger partial charge is 0.497 e. The molecule has 0 unspecified atom stereocenters. The molecule has 23 heavy (non-hydrogen) atoms. The fourth-order valence-electron chi connectivity index (χ4n) is 2.26. The molecule has 6 nitrogen and oxygen atoms in total. The second-order valence-corrected chi connectivity index (χ2v) is 6.06. The van der Waals surface area contributed by atoms with Crippen LogP contribution >= 0.6 is 11.8 Å². The number of fused-ring (bicyclic) bond motifs is 1. The number of benzene rings is 1. The van der Waals surface area contributed by atoms with E-state index in [-0.39, 0.29) is 0 Å². The Balaban J connectivity index is 1.58. The van der Waals surface area contributed by atoms with Gasteiger partial charge in [0.15, 0.2) is 10.8 Å². The average Bonchev–Trinajstić information content (AvgIpc) is 2.95. The van der Waals surface area contributed by atoms with Gasteiger partial charge in [0.05, 0.1) is 13.7 Å². The molecule has 2 aromatic heterocycles. The molecule has 0 fully saturated rings. The maximum atomic E-state index is 5.72. The summed E-state index contributed by atoms with van der Waals surface area (Å²) in [7, 11) is 1.65. The van der Waals surface area contributed by atoms with Crippen molar-refractivity contribution in [3.05, 3.63) is 41.9 Å². The van der Waals surface area contributed by atoms with Gasteiger partial charge in [-0.15, -0.1) is 10.2 Å². The van der Waals surface area contributed by atoms with Crippen LogP contribution in [0.4, 0.5) is 0 Å². The van der Waals surface area contributed by atoms with Gasteiger partial charge in [-0.05, 0) is 38.1 Å². The topological polar surface area (TPSA) is 61.5 Å². The van der Waals surface area contributed by atoms with Crippen LogP contribution in [0.1, 0.15) is 11.5 Å². The summed E-state index contributed by atoms with van der Waals surface area (Å²) in [5.41, 5.74) is 1.77. The molecule has 0 bridgehead atoms. The Hall–Kier alpha value is -2.28. The number of ether oxygens (including phenoxy) is 2. The minimum Gasteiger partial charge on any atom is -0.497 e. The van der Waals surface area contributed by atoms with Crippen LogP contribution in [-0.4, -0.2) is 39.1 Å². The lowest BCUT2D eigenvalue weighted by Crippen LogP contribution is -2.02. The number of nitrogens with zero attached hydrogens (tertiary/aromatic N) is 4. The lowest BCUT2D eigenvalue weighted by Gasteiger charge is -2.07. The molecule has 0 atom stereocenters. The molecule has 0 N–H and O–H groups in total. The Labute approximate surface area is 138 Å². The third-order valence-corrected chi connectivity index (χ3v) is 4.19. The van der Waals surface area contributed by atoms with E-state index < -0.39 is 0 Å². The molecule has 7 heteroatoms.